The molecule has 1 fully saturated rings. The van der Waals surface area contributed by atoms with Gasteiger partial charge in [0.15, 0.2) is 0 Å². The third kappa shape index (κ3) is 4.56. The van der Waals surface area contributed by atoms with Gasteiger partial charge in [0.1, 0.15) is 0 Å². The first-order valence-electron chi connectivity index (χ1n) is 9.09. The van der Waals surface area contributed by atoms with E-state index in [4.69, 9.17) is 0 Å². The summed E-state index contributed by atoms with van der Waals surface area (Å²) in [7, 11) is 1.85. The number of amides is 2. The van der Waals surface area contributed by atoms with Crippen molar-refractivity contribution in [2.24, 2.45) is 5.92 Å². The second-order valence-corrected chi connectivity index (χ2v) is 6.83. The lowest BCUT2D eigenvalue weighted by Crippen LogP contribution is -2.39. The highest BCUT2D eigenvalue weighted by Gasteiger charge is 2.23. The van der Waals surface area contributed by atoms with Crippen LogP contribution in [-0.4, -0.2) is 42.2 Å². The number of carbonyl (C=O) groups is 1. The summed E-state index contributed by atoms with van der Waals surface area (Å²) in [6.45, 7) is 6.51. The molecule has 1 saturated heterocycles. The van der Waals surface area contributed by atoms with Crippen molar-refractivity contribution in [2.45, 2.75) is 26.4 Å². The molecule has 134 valence electrons. The number of para-hydroxylation sites is 1. The van der Waals surface area contributed by atoms with Gasteiger partial charge in [0.2, 0.25) is 0 Å². The maximum Gasteiger partial charge on any atom is 0.317 e. The molecular formula is C20H28N4O. The Bertz CT molecular complexity index is 682. The average Bonchev–Trinajstić information content (AvgIpc) is 3.29. The fourth-order valence-corrected chi connectivity index (χ4v) is 3.37. The molecule has 1 aliphatic rings. The zero-order valence-electron chi connectivity index (χ0n) is 15.2. The van der Waals surface area contributed by atoms with Crippen LogP contribution < -0.4 is 10.2 Å². The zero-order chi connectivity index (χ0) is 17.6. The molecule has 0 bridgehead atoms. The van der Waals surface area contributed by atoms with Crippen molar-refractivity contribution < 1.29 is 4.79 Å². The van der Waals surface area contributed by atoms with Crippen molar-refractivity contribution in [1.82, 2.24) is 14.8 Å². The Balaban J connectivity index is 1.43. The average molecular weight is 340 g/mol. The van der Waals surface area contributed by atoms with Gasteiger partial charge in [-0.15, -0.1) is 0 Å². The largest absolute Gasteiger partial charge is 0.371 e. The van der Waals surface area contributed by atoms with E-state index in [1.165, 1.54) is 5.69 Å². The molecule has 1 N–H and O–H groups in total. The smallest absolute Gasteiger partial charge is 0.317 e. The van der Waals surface area contributed by atoms with Crippen LogP contribution in [0, 0.1) is 5.92 Å². The van der Waals surface area contributed by atoms with E-state index in [1.807, 2.05) is 13.1 Å². The first-order chi connectivity index (χ1) is 12.2. The normalized spacial score (nSPS) is 16.9. The minimum Gasteiger partial charge on any atom is -0.371 e. The number of carbonyl (C=O) groups excluding carboxylic acids is 1. The zero-order valence-corrected chi connectivity index (χ0v) is 15.2. The SMILES string of the molecule is CCn1ccc(CN(C)C(=O)NC[C@@H]2CCN(c3ccccc3)C2)c1. The first kappa shape index (κ1) is 17.4. The van der Waals surface area contributed by atoms with Gasteiger partial charge in [-0.2, -0.15) is 0 Å². The number of aromatic nitrogens is 1. The van der Waals surface area contributed by atoms with E-state index >= 15 is 0 Å². The highest BCUT2D eigenvalue weighted by molar-refractivity contribution is 5.73. The molecule has 1 aliphatic heterocycles. The molecule has 5 heteroatoms. The van der Waals surface area contributed by atoms with E-state index in [0.29, 0.717) is 12.5 Å². The predicted octanol–water partition coefficient (Wildman–Crippen LogP) is 3.18. The maximum atomic E-state index is 12.3. The molecule has 0 aliphatic carbocycles. The topological polar surface area (TPSA) is 40.5 Å². The Morgan fingerprint density at radius 3 is 2.80 bits per heavy atom. The van der Waals surface area contributed by atoms with E-state index in [1.54, 1.807) is 4.90 Å². The van der Waals surface area contributed by atoms with Crippen LogP contribution >= 0.6 is 0 Å². The van der Waals surface area contributed by atoms with Crippen molar-refractivity contribution in [2.75, 3.05) is 31.6 Å². The summed E-state index contributed by atoms with van der Waals surface area (Å²) < 4.78 is 2.12. The highest BCUT2D eigenvalue weighted by Crippen LogP contribution is 2.22. The van der Waals surface area contributed by atoms with Crippen LogP contribution in [0.2, 0.25) is 0 Å². The van der Waals surface area contributed by atoms with Gasteiger partial charge in [-0.05, 0) is 43.0 Å². The fraction of sp³-hybridized carbons (Fsp3) is 0.450. The number of nitrogens with zero attached hydrogens (tertiary/aromatic N) is 3. The molecule has 3 rings (SSSR count). The molecule has 0 unspecified atom stereocenters. The summed E-state index contributed by atoms with van der Waals surface area (Å²) in [5.74, 6) is 0.513. The lowest BCUT2D eigenvalue weighted by molar-refractivity contribution is 0.205. The van der Waals surface area contributed by atoms with Gasteiger partial charge in [-0.25, -0.2) is 4.79 Å². The van der Waals surface area contributed by atoms with Crippen molar-refractivity contribution in [3.05, 3.63) is 54.4 Å². The van der Waals surface area contributed by atoms with Crippen LogP contribution in [-0.2, 0) is 13.1 Å². The minimum absolute atomic E-state index is 0.00223. The molecular weight excluding hydrogens is 312 g/mol. The van der Waals surface area contributed by atoms with E-state index in [9.17, 15) is 4.79 Å². The fourth-order valence-electron chi connectivity index (χ4n) is 3.37. The molecule has 0 saturated carbocycles. The molecule has 1 aromatic heterocycles. The van der Waals surface area contributed by atoms with Gasteiger partial charge in [0.25, 0.3) is 0 Å². The predicted molar refractivity (Wildman–Crippen MR) is 102 cm³/mol. The summed E-state index contributed by atoms with van der Waals surface area (Å²) in [6.07, 6.45) is 5.27. The Labute approximate surface area is 150 Å². The molecule has 5 nitrogen and oxygen atoms in total. The summed E-state index contributed by atoms with van der Waals surface area (Å²) in [6, 6.07) is 12.6. The molecule has 2 heterocycles. The van der Waals surface area contributed by atoms with Gasteiger partial charge in [-0.3, -0.25) is 0 Å². The van der Waals surface area contributed by atoms with Crippen LogP contribution in [0.5, 0.6) is 0 Å². The van der Waals surface area contributed by atoms with E-state index in [2.05, 4.69) is 64.4 Å². The number of benzene rings is 1. The van der Waals surface area contributed by atoms with Crippen molar-refractivity contribution in [3.63, 3.8) is 0 Å². The second-order valence-electron chi connectivity index (χ2n) is 6.83. The van der Waals surface area contributed by atoms with Gasteiger partial charge in [0.05, 0.1) is 0 Å². The van der Waals surface area contributed by atoms with Crippen molar-refractivity contribution in [1.29, 1.82) is 0 Å². The lowest BCUT2D eigenvalue weighted by atomic mass is 10.1. The minimum atomic E-state index is 0.00223. The second kappa shape index (κ2) is 8.10. The molecule has 2 amide bonds. The number of aryl methyl sites for hydroxylation is 1. The Hall–Kier alpha value is -2.43. The quantitative estimate of drug-likeness (QED) is 0.877. The van der Waals surface area contributed by atoms with E-state index in [-0.39, 0.29) is 6.03 Å². The van der Waals surface area contributed by atoms with Gasteiger partial charge in [0, 0.05) is 57.9 Å². The van der Waals surface area contributed by atoms with Crippen LogP contribution in [0.1, 0.15) is 18.9 Å². The third-order valence-electron chi connectivity index (χ3n) is 4.89. The maximum absolute atomic E-state index is 12.3. The van der Waals surface area contributed by atoms with E-state index in [0.717, 1.165) is 38.2 Å². The Morgan fingerprint density at radius 1 is 1.28 bits per heavy atom. The number of hydrogen-bond acceptors (Lipinski definition) is 2. The van der Waals surface area contributed by atoms with Gasteiger partial charge < -0.3 is 19.7 Å². The van der Waals surface area contributed by atoms with Crippen LogP contribution in [0.3, 0.4) is 0 Å². The molecule has 0 spiro atoms. The van der Waals surface area contributed by atoms with Crippen molar-refractivity contribution >= 4 is 11.7 Å². The van der Waals surface area contributed by atoms with Gasteiger partial charge in [-0.1, -0.05) is 18.2 Å². The first-order valence-corrected chi connectivity index (χ1v) is 9.09. The summed E-state index contributed by atoms with van der Waals surface area (Å²) in [5.41, 5.74) is 2.43. The van der Waals surface area contributed by atoms with Crippen LogP contribution in [0.4, 0.5) is 10.5 Å². The summed E-state index contributed by atoms with van der Waals surface area (Å²) >= 11 is 0. The van der Waals surface area contributed by atoms with Crippen LogP contribution in [0.15, 0.2) is 48.8 Å². The number of nitrogens with one attached hydrogen (secondary N) is 1. The van der Waals surface area contributed by atoms with Crippen molar-refractivity contribution in [3.8, 4) is 0 Å². The number of anilines is 1. The standard InChI is InChI=1S/C20H28N4O/c1-3-23-11-9-18(15-23)14-22(2)20(25)21-13-17-10-12-24(16-17)19-7-5-4-6-8-19/h4-9,11,15,17H,3,10,12-14,16H2,1-2H3,(H,21,25)/t17-/m0/s1. The van der Waals surface area contributed by atoms with E-state index < -0.39 is 0 Å². The Morgan fingerprint density at radius 2 is 2.08 bits per heavy atom. The lowest BCUT2D eigenvalue weighted by Gasteiger charge is -2.20. The summed E-state index contributed by atoms with van der Waals surface area (Å²) in [5, 5.41) is 3.09. The monoisotopic (exact) mass is 340 g/mol. The molecule has 25 heavy (non-hydrogen) atoms. The number of hydrogen-bond donors (Lipinski definition) is 1. The molecule has 0 radical (unpaired) electrons. The summed E-state index contributed by atoms with van der Waals surface area (Å²) in [4.78, 5) is 16.5. The van der Waals surface area contributed by atoms with Gasteiger partial charge >= 0.3 is 6.03 Å². The molecule has 1 atom stereocenters. The van der Waals surface area contributed by atoms with Crippen LogP contribution in [0.25, 0.3) is 0 Å². The number of rotatable bonds is 6. The molecule has 1 aromatic carbocycles. The molecule has 2 aromatic rings. The number of urea groups is 1. The Kier molecular flexibility index (Phi) is 5.64. The highest BCUT2D eigenvalue weighted by atomic mass is 16.2. The third-order valence-corrected chi connectivity index (χ3v) is 4.89.